The predicted octanol–water partition coefficient (Wildman–Crippen LogP) is 4.11. The Hall–Kier alpha value is -3.56. The van der Waals surface area contributed by atoms with E-state index < -0.39 is 11.6 Å². The van der Waals surface area contributed by atoms with Crippen LogP contribution in [-0.2, 0) is 5.54 Å². The minimum Gasteiger partial charge on any atom is -0.497 e. The van der Waals surface area contributed by atoms with Gasteiger partial charge in [0.25, 0.3) is 0 Å². The molecule has 4 rings (SSSR count). The summed E-state index contributed by atoms with van der Waals surface area (Å²) in [6.07, 6.45) is 0.918. The summed E-state index contributed by atoms with van der Waals surface area (Å²) < 4.78 is 16.9. The minimum absolute atomic E-state index is 0.222. The molecule has 0 unspecified atom stereocenters. The second-order valence-corrected chi connectivity index (χ2v) is 8.30. The smallest absolute Gasteiger partial charge is 0.343 e. The van der Waals surface area contributed by atoms with Gasteiger partial charge in [-0.2, -0.15) is 0 Å². The van der Waals surface area contributed by atoms with Crippen molar-refractivity contribution < 1.29 is 23.9 Å². The molecule has 1 aliphatic heterocycles. The molecule has 2 aromatic carbocycles. The Morgan fingerprint density at radius 3 is 2.09 bits per heavy atom. The van der Waals surface area contributed by atoms with E-state index in [1.54, 1.807) is 26.0 Å². The Balaban J connectivity index is 1.68. The topological polar surface area (TPSA) is 114 Å². The maximum atomic E-state index is 12.3. The number of ether oxygens (including phenoxy) is 2. The molecule has 0 aliphatic carbocycles. The Bertz CT molecular complexity index is 1050. The minimum atomic E-state index is -0.838. The van der Waals surface area contributed by atoms with Crippen LogP contribution in [-0.4, -0.2) is 60.0 Å². The Labute approximate surface area is 198 Å². The number of oxazole rings is 1. The van der Waals surface area contributed by atoms with E-state index >= 15 is 0 Å². The fraction of sp³-hybridized carbons (Fsp3) is 0.360. The van der Waals surface area contributed by atoms with Crippen molar-refractivity contribution in [1.29, 1.82) is 0 Å². The highest BCUT2D eigenvalue weighted by Crippen LogP contribution is 2.39. The standard InChI is InChI=1S/C25H30N4O5/c1-4-29(31)24(30)28-15-13-25(26,14-16-28)23-27-21(17-5-9-19(32-2)10-6-17)22(34-23)18-7-11-20(33-3)12-8-18/h5-12,31H,4,13-16,26H2,1-3H3. The van der Waals surface area contributed by atoms with E-state index in [2.05, 4.69) is 0 Å². The molecule has 1 aromatic heterocycles. The molecule has 0 bridgehead atoms. The van der Waals surface area contributed by atoms with Gasteiger partial charge in [-0.05, 0) is 68.3 Å². The maximum Gasteiger partial charge on any atom is 0.343 e. The third-order valence-corrected chi connectivity index (χ3v) is 6.22. The number of rotatable bonds is 6. The lowest BCUT2D eigenvalue weighted by Gasteiger charge is -2.37. The predicted molar refractivity (Wildman–Crippen MR) is 127 cm³/mol. The fourth-order valence-corrected chi connectivity index (χ4v) is 4.03. The second kappa shape index (κ2) is 9.74. The van der Waals surface area contributed by atoms with Gasteiger partial charge in [-0.3, -0.25) is 5.21 Å². The molecule has 3 N–H and O–H groups in total. The van der Waals surface area contributed by atoms with Crippen LogP contribution in [0, 0.1) is 0 Å². The Morgan fingerprint density at radius 1 is 1.06 bits per heavy atom. The summed E-state index contributed by atoms with van der Waals surface area (Å²) in [4.78, 5) is 18.7. The Morgan fingerprint density at radius 2 is 1.59 bits per heavy atom. The van der Waals surface area contributed by atoms with Gasteiger partial charge >= 0.3 is 6.03 Å². The summed E-state index contributed by atoms with van der Waals surface area (Å²) in [5, 5.41) is 10.5. The summed E-state index contributed by atoms with van der Waals surface area (Å²) in [5.41, 5.74) is 8.33. The quantitative estimate of drug-likeness (QED) is 0.415. The second-order valence-electron chi connectivity index (χ2n) is 8.30. The van der Waals surface area contributed by atoms with E-state index in [9.17, 15) is 10.0 Å². The number of hydrogen-bond donors (Lipinski definition) is 2. The molecule has 0 spiro atoms. The number of methoxy groups -OCH3 is 2. The van der Waals surface area contributed by atoms with Gasteiger partial charge in [0.05, 0.1) is 19.8 Å². The molecule has 0 saturated carbocycles. The largest absolute Gasteiger partial charge is 0.497 e. The number of benzene rings is 2. The van der Waals surface area contributed by atoms with Crippen molar-refractivity contribution in [2.45, 2.75) is 25.3 Å². The summed E-state index contributed by atoms with van der Waals surface area (Å²) in [5.74, 6) is 2.52. The van der Waals surface area contributed by atoms with Gasteiger partial charge in [0, 0.05) is 30.8 Å². The van der Waals surface area contributed by atoms with Crippen LogP contribution in [0.25, 0.3) is 22.6 Å². The molecule has 2 heterocycles. The summed E-state index contributed by atoms with van der Waals surface area (Å²) >= 11 is 0. The molecule has 34 heavy (non-hydrogen) atoms. The monoisotopic (exact) mass is 466 g/mol. The number of nitrogens with zero attached hydrogens (tertiary/aromatic N) is 3. The van der Waals surface area contributed by atoms with Gasteiger partial charge in [-0.25, -0.2) is 14.8 Å². The van der Waals surface area contributed by atoms with E-state index in [4.69, 9.17) is 24.6 Å². The van der Waals surface area contributed by atoms with Crippen LogP contribution in [0.1, 0.15) is 25.7 Å². The molecular weight excluding hydrogens is 436 g/mol. The van der Waals surface area contributed by atoms with E-state index in [1.165, 1.54) is 0 Å². The number of amides is 2. The van der Waals surface area contributed by atoms with Crippen molar-refractivity contribution >= 4 is 6.03 Å². The van der Waals surface area contributed by atoms with Crippen molar-refractivity contribution in [3.8, 4) is 34.1 Å². The van der Waals surface area contributed by atoms with Crippen molar-refractivity contribution in [3.63, 3.8) is 0 Å². The molecule has 9 nitrogen and oxygen atoms in total. The third-order valence-electron chi connectivity index (χ3n) is 6.22. The highest BCUT2D eigenvalue weighted by atomic mass is 16.5. The molecule has 0 atom stereocenters. The molecule has 1 aliphatic rings. The first-order valence-electron chi connectivity index (χ1n) is 11.2. The van der Waals surface area contributed by atoms with Gasteiger partial charge in [-0.15, -0.1) is 0 Å². The molecule has 3 aromatic rings. The summed E-state index contributed by atoms with van der Waals surface area (Å²) in [6, 6.07) is 14.8. The highest BCUT2D eigenvalue weighted by molar-refractivity contribution is 5.77. The van der Waals surface area contributed by atoms with E-state index in [0.29, 0.717) is 48.3 Å². The number of hydrogen-bond acceptors (Lipinski definition) is 7. The summed E-state index contributed by atoms with van der Waals surface area (Å²) in [6.45, 7) is 2.72. The normalized spacial score (nSPS) is 15.1. The first-order chi connectivity index (χ1) is 16.4. The van der Waals surface area contributed by atoms with Gasteiger partial charge < -0.3 is 24.5 Å². The zero-order valence-corrected chi connectivity index (χ0v) is 19.7. The van der Waals surface area contributed by atoms with Crippen LogP contribution in [0.3, 0.4) is 0 Å². The zero-order chi connectivity index (χ0) is 24.3. The van der Waals surface area contributed by atoms with E-state index in [1.807, 2.05) is 48.5 Å². The van der Waals surface area contributed by atoms with Gasteiger partial charge in [0.2, 0.25) is 5.89 Å². The van der Waals surface area contributed by atoms with Crippen molar-refractivity contribution in [2.75, 3.05) is 33.9 Å². The van der Waals surface area contributed by atoms with Gasteiger partial charge in [0.1, 0.15) is 17.2 Å². The van der Waals surface area contributed by atoms with E-state index in [-0.39, 0.29) is 6.54 Å². The molecule has 9 heteroatoms. The SMILES string of the molecule is CCN(O)C(=O)N1CCC(N)(c2nc(-c3ccc(OC)cc3)c(-c3ccc(OC)cc3)o2)CC1. The van der Waals surface area contributed by atoms with Crippen LogP contribution >= 0.6 is 0 Å². The lowest BCUT2D eigenvalue weighted by Crippen LogP contribution is -2.52. The number of likely N-dealkylation sites (tertiary alicyclic amines) is 1. The number of urea groups is 1. The molecule has 180 valence electrons. The number of carbonyl (C=O) groups excluding carboxylic acids is 1. The lowest BCUT2D eigenvalue weighted by molar-refractivity contribution is -0.0558. The van der Waals surface area contributed by atoms with Crippen molar-refractivity contribution in [3.05, 3.63) is 54.4 Å². The average molecular weight is 467 g/mol. The number of aromatic nitrogens is 1. The first kappa shape index (κ1) is 23.6. The first-order valence-corrected chi connectivity index (χ1v) is 11.2. The number of carbonyl (C=O) groups is 1. The van der Waals surface area contributed by atoms with E-state index in [0.717, 1.165) is 22.6 Å². The van der Waals surface area contributed by atoms with Crippen LogP contribution in [0.4, 0.5) is 4.79 Å². The molecule has 1 saturated heterocycles. The van der Waals surface area contributed by atoms with Gasteiger partial charge in [-0.1, -0.05) is 0 Å². The van der Waals surface area contributed by atoms with Crippen LogP contribution in [0.15, 0.2) is 52.9 Å². The maximum absolute atomic E-state index is 12.3. The average Bonchev–Trinajstić information content (AvgIpc) is 3.35. The van der Waals surface area contributed by atoms with Crippen molar-refractivity contribution in [2.24, 2.45) is 5.73 Å². The number of nitrogens with two attached hydrogens (primary N) is 1. The van der Waals surface area contributed by atoms with Gasteiger partial charge in [0.15, 0.2) is 5.76 Å². The Kier molecular flexibility index (Phi) is 6.76. The zero-order valence-electron chi connectivity index (χ0n) is 19.7. The number of piperidine rings is 1. The lowest BCUT2D eigenvalue weighted by atomic mass is 9.88. The van der Waals surface area contributed by atoms with Crippen LogP contribution in [0.5, 0.6) is 11.5 Å². The van der Waals surface area contributed by atoms with Crippen LogP contribution < -0.4 is 15.2 Å². The summed E-state index contributed by atoms with van der Waals surface area (Å²) in [7, 11) is 3.24. The highest BCUT2D eigenvalue weighted by Gasteiger charge is 2.39. The molecule has 1 fully saturated rings. The van der Waals surface area contributed by atoms with Crippen molar-refractivity contribution in [1.82, 2.24) is 14.9 Å². The number of hydroxylamine groups is 2. The molecular formula is C25H30N4O5. The fourth-order valence-electron chi connectivity index (χ4n) is 4.03. The molecule has 0 radical (unpaired) electrons. The molecule has 2 amide bonds. The third kappa shape index (κ3) is 4.57. The van der Waals surface area contributed by atoms with Crippen LogP contribution in [0.2, 0.25) is 0 Å².